The third-order valence-electron chi connectivity index (χ3n) is 4.10. The molecule has 0 saturated heterocycles. The third kappa shape index (κ3) is 3.29. The molecule has 30 heavy (non-hydrogen) atoms. The van der Waals surface area contributed by atoms with Crippen LogP contribution in [-0.4, -0.2) is 32.4 Å². The lowest BCUT2D eigenvalue weighted by molar-refractivity contribution is -0.386. The number of nitro benzene ring substituents is 1. The van der Waals surface area contributed by atoms with E-state index in [-0.39, 0.29) is 21.6 Å². The van der Waals surface area contributed by atoms with Crippen molar-refractivity contribution in [3.8, 4) is 11.5 Å². The van der Waals surface area contributed by atoms with Gasteiger partial charge in [-0.1, -0.05) is 11.3 Å². The number of ether oxygens (including phenoxy) is 2. The van der Waals surface area contributed by atoms with Gasteiger partial charge in [0, 0.05) is 17.6 Å². The molecule has 10 nitrogen and oxygen atoms in total. The molecule has 0 aliphatic heterocycles. The largest absolute Gasteiger partial charge is 0.488 e. The topological polar surface area (TPSA) is 126 Å². The molecule has 1 aromatic carbocycles. The Bertz CT molecular complexity index is 1460. The van der Waals surface area contributed by atoms with Crippen LogP contribution in [0.15, 0.2) is 33.7 Å². The van der Waals surface area contributed by atoms with Crippen LogP contribution in [0.3, 0.4) is 0 Å². The molecule has 4 aromatic rings. The van der Waals surface area contributed by atoms with E-state index in [2.05, 4.69) is 25.9 Å². The summed E-state index contributed by atoms with van der Waals surface area (Å²) < 4.78 is 12.4. The third-order valence-corrected chi connectivity index (χ3v) is 5.50. The normalized spacial score (nSPS) is 11.9. The summed E-state index contributed by atoms with van der Waals surface area (Å²) in [6.07, 6.45) is 2.94. The van der Waals surface area contributed by atoms with Crippen molar-refractivity contribution < 1.29 is 19.2 Å². The molecule has 3 heterocycles. The predicted molar refractivity (Wildman–Crippen MR) is 112 cm³/mol. The van der Waals surface area contributed by atoms with Gasteiger partial charge in [-0.05, 0) is 40.2 Å². The maximum absolute atomic E-state index is 12.9. The molecule has 0 aliphatic rings. The molecule has 0 radical (unpaired) electrons. The average molecular weight is 491 g/mol. The maximum Gasteiger partial charge on any atom is 0.322 e. The number of aromatic nitrogens is 3. The Hall–Kier alpha value is -3.38. The van der Waals surface area contributed by atoms with Gasteiger partial charge in [0.15, 0.2) is 16.4 Å². The van der Waals surface area contributed by atoms with E-state index in [4.69, 9.17) is 9.47 Å². The zero-order valence-corrected chi connectivity index (χ0v) is 17.8. The summed E-state index contributed by atoms with van der Waals surface area (Å²) in [4.78, 5) is 44.3. The highest BCUT2D eigenvalue weighted by atomic mass is 79.9. The first-order chi connectivity index (χ1) is 14.3. The number of methoxy groups -OCH3 is 1. The Balaban J connectivity index is 1.96. The second-order valence-electron chi connectivity index (χ2n) is 6.03. The number of nitro groups is 1. The molecule has 4 rings (SSSR count). The minimum atomic E-state index is -0.657. The van der Waals surface area contributed by atoms with Crippen LogP contribution in [0.1, 0.15) is 12.5 Å². The summed E-state index contributed by atoms with van der Waals surface area (Å²) in [5.41, 5.74) is 0.247. The van der Waals surface area contributed by atoms with E-state index in [0.29, 0.717) is 16.1 Å². The van der Waals surface area contributed by atoms with Crippen molar-refractivity contribution >= 4 is 61.1 Å². The number of halogens is 1. The fourth-order valence-electron chi connectivity index (χ4n) is 2.96. The minimum Gasteiger partial charge on any atom is -0.488 e. The van der Waals surface area contributed by atoms with Crippen LogP contribution in [0, 0.1) is 10.1 Å². The molecule has 0 atom stereocenters. The molecule has 0 N–H and O–H groups in total. The molecule has 0 bridgehead atoms. The van der Waals surface area contributed by atoms with E-state index in [1.807, 2.05) is 0 Å². The van der Waals surface area contributed by atoms with Gasteiger partial charge in [-0.15, -0.1) is 0 Å². The SMILES string of the molecule is COc1c(OC(C)=O)ccc(/C=c2\sc3nc4cc(Br)cnc4n3c2=O)c1[N+](=O)[O-]. The van der Waals surface area contributed by atoms with Crippen molar-refractivity contribution in [2.75, 3.05) is 7.11 Å². The number of esters is 1. The Labute approximate surface area is 179 Å². The Morgan fingerprint density at radius 1 is 1.40 bits per heavy atom. The first kappa shape index (κ1) is 19.9. The van der Waals surface area contributed by atoms with Crippen LogP contribution in [0.4, 0.5) is 5.69 Å². The summed E-state index contributed by atoms with van der Waals surface area (Å²) >= 11 is 4.39. The van der Waals surface area contributed by atoms with Crippen LogP contribution in [0.5, 0.6) is 11.5 Å². The number of pyridine rings is 1. The molecule has 0 saturated carbocycles. The fourth-order valence-corrected chi connectivity index (χ4v) is 4.25. The number of fused-ring (bicyclic) bond motifs is 3. The predicted octanol–water partition coefficient (Wildman–Crippen LogP) is 2.46. The summed E-state index contributed by atoms with van der Waals surface area (Å²) in [5.74, 6) is -0.945. The van der Waals surface area contributed by atoms with Gasteiger partial charge >= 0.3 is 11.7 Å². The Kier molecular flexibility index (Phi) is 4.95. The Morgan fingerprint density at radius 3 is 2.83 bits per heavy atom. The van der Waals surface area contributed by atoms with Crippen LogP contribution in [-0.2, 0) is 4.79 Å². The Morgan fingerprint density at radius 2 is 2.17 bits per heavy atom. The standard InChI is InChI=1S/C18H11BrN4O6S/c1-8(24)29-12-4-3-9(14(23(26)27)15(12)28-2)5-13-17(25)22-16-11(21-18(22)30-13)6-10(19)7-20-16/h3-7H,1-2H3/b13-5-. The highest BCUT2D eigenvalue weighted by molar-refractivity contribution is 9.10. The van der Waals surface area contributed by atoms with Crippen molar-refractivity contribution in [3.05, 3.63) is 59.4 Å². The van der Waals surface area contributed by atoms with Crippen molar-refractivity contribution in [2.24, 2.45) is 0 Å². The van der Waals surface area contributed by atoms with E-state index < -0.39 is 22.1 Å². The van der Waals surface area contributed by atoms with E-state index in [1.54, 1.807) is 12.3 Å². The first-order valence-electron chi connectivity index (χ1n) is 8.32. The smallest absolute Gasteiger partial charge is 0.322 e. The fraction of sp³-hybridized carbons (Fsp3) is 0.111. The van der Waals surface area contributed by atoms with E-state index in [1.165, 1.54) is 36.6 Å². The number of thiazole rings is 1. The van der Waals surface area contributed by atoms with Crippen molar-refractivity contribution in [1.82, 2.24) is 14.4 Å². The molecule has 0 spiro atoms. The lowest BCUT2D eigenvalue weighted by Gasteiger charge is -2.09. The molecule has 0 fully saturated rings. The van der Waals surface area contributed by atoms with Gasteiger partial charge in [-0.2, -0.15) is 0 Å². The number of imidazole rings is 1. The maximum atomic E-state index is 12.9. The van der Waals surface area contributed by atoms with Gasteiger partial charge in [0.25, 0.3) is 5.56 Å². The number of carbonyl (C=O) groups is 1. The summed E-state index contributed by atoms with van der Waals surface area (Å²) in [7, 11) is 1.23. The number of rotatable bonds is 4. The van der Waals surface area contributed by atoms with Crippen LogP contribution in [0.2, 0.25) is 0 Å². The van der Waals surface area contributed by atoms with E-state index in [0.717, 1.165) is 15.8 Å². The van der Waals surface area contributed by atoms with Gasteiger partial charge in [0.05, 0.1) is 22.1 Å². The summed E-state index contributed by atoms with van der Waals surface area (Å²) in [5, 5.41) is 11.7. The van der Waals surface area contributed by atoms with E-state index >= 15 is 0 Å². The van der Waals surface area contributed by atoms with Gasteiger partial charge in [0.2, 0.25) is 5.75 Å². The van der Waals surface area contributed by atoms with Crippen molar-refractivity contribution in [3.63, 3.8) is 0 Å². The minimum absolute atomic E-state index is 0.0852. The van der Waals surface area contributed by atoms with Crippen LogP contribution in [0.25, 0.3) is 22.2 Å². The molecule has 0 aliphatic carbocycles. The van der Waals surface area contributed by atoms with Crippen LogP contribution >= 0.6 is 27.3 Å². The van der Waals surface area contributed by atoms with Gasteiger partial charge in [-0.3, -0.25) is 19.7 Å². The zero-order valence-electron chi connectivity index (χ0n) is 15.4. The lowest BCUT2D eigenvalue weighted by atomic mass is 10.1. The van der Waals surface area contributed by atoms with Gasteiger partial charge in [-0.25, -0.2) is 14.4 Å². The molecule has 152 valence electrons. The lowest BCUT2D eigenvalue weighted by Crippen LogP contribution is -2.23. The number of hydrogen-bond acceptors (Lipinski definition) is 9. The van der Waals surface area contributed by atoms with Gasteiger partial charge < -0.3 is 9.47 Å². The second kappa shape index (κ2) is 7.46. The summed E-state index contributed by atoms with van der Waals surface area (Å²) in [6, 6.07) is 4.50. The zero-order chi connectivity index (χ0) is 21.6. The number of benzene rings is 1. The number of hydrogen-bond donors (Lipinski definition) is 0. The quantitative estimate of drug-likeness (QED) is 0.185. The van der Waals surface area contributed by atoms with Gasteiger partial charge in [0.1, 0.15) is 5.52 Å². The number of carbonyl (C=O) groups excluding carboxylic acids is 1. The number of nitrogens with zero attached hydrogens (tertiary/aromatic N) is 4. The van der Waals surface area contributed by atoms with Crippen molar-refractivity contribution in [1.29, 1.82) is 0 Å². The highest BCUT2D eigenvalue weighted by Gasteiger charge is 2.25. The molecule has 0 unspecified atom stereocenters. The molecular weight excluding hydrogens is 480 g/mol. The van der Waals surface area contributed by atoms with Crippen LogP contribution < -0.4 is 19.6 Å². The average Bonchev–Trinajstić information content (AvgIpc) is 3.17. The molecular formula is C18H11BrN4O6S. The highest BCUT2D eigenvalue weighted by Crippen LogP contribution is 2.40. The van der Waals surface area contributed by atoms with E-state index in [9.17, 15) is 19.7 Å². The molecule has 0 amide bonds. The monoisotopic (exact) mass is 490 g/mol. The second-order valence-corrected chi connectivity index (χ2v) is 7.95. The summed E-state index contributed by atoms with van der Waals surface area (Å²) in [6.45, 7) is 1.17. The van der Waals surface area contributed by atoms with Crippen molar-refractivity contribution in [2.45, 2.75) is 6.92 Å². The first-order valence-corrected chi connectivity index (χ1v) is 9.93. The molecule has 12 heteroatoms. The molecule has 3 aromatic heterocycles.